The van der Waals surface area contributed by atoms with Crippen molar-refractivity contribution < 1.29 is 14.6 Å². The van der Waals surface area contributed by atoms with Crippen LogP contribution in [0.25, 0.3) is 0 Å². The van der Waals surface area contributed by atoms with Crippen LogP contribution in [0.1, 0.15) is 35.7 Å². The topological polar surface area (TPSA) is 58.6 Å². The molecule has 0 aromatic heterocycles. The highest BCUT2D eigenvalue weighted by molar-refractivity contribution is 5.87. The first-order chi connectivity index (χ1) is 8.66. The van der Waals surface area contributed by atoms with E-state index in [1.165, 1.54) is 0 Å². The lowest BCUT2D eigenvalue weighted by atomic mass is 10.1. The lowest BCUT2D eigenvalue weighted by molar-refractivity contribution is 0.0697. The fraction of sp³-hybridized carbons (Fsp3) is 0.500. The molecule has 1 heterocycles. The van der Waals surface area contributed by atoms with Crippen molar-refractivity contribution in [1.82, 2.24) is 5.32 Å². The van der Waals surface area contributed by atoms with E-state index in [0.29, 0.717) is 17.7 Å². The first-order valence-corrected chi connectivity index (χ1v) is 6.34. The number of nitrogens with one attached hydrogen (secondary N) is 1. The molecule has 2 N–H and O–H groups in total. The maximum Gasteiger partial charge on any atom is 0.335 e. The minimum Gasteiger partial charge on any atom is -0.478 e. The molecule has 1 saturated heterocycles. The molecule has 1 fully saturated rings. The van der Waals surface area contributed by atoms with Gasteiger partial charge < -0.3 is 15.2 Å². The van der Waals surface area contributed by atoms with E-state index in [4.69, 9.17) is 9.84 Å². The van der Waals surface area contributed by atoms with Gasteiger partial charge in [0.25, 0.3) is 0 Å². The zero-order valence-corrected chi connectivity index (χ0v) is 10.6. The van der Waals surface area contributed by atoms with Crippen LogP contribution in [0.4, 0.5) is 0 Å². The van der Waals surface area contributed by atoms with Gasteiger partial charge in [-0.2, -0.15) is 0 Å². The van der Waals surface area contributed by atoms with E-state index >= 15 is 0 Å². The predicted octanol–water partition coefficient (Wildman–Crippen LogP) is 2.04. The number of ether oxygens (including phenoxy) is 1. The van der Waals surface area contributed by atoms with Crippen LogP contribution < -0.4 is 5.32 Å². The monoisotopic (exact) mass is 249 g/mol. The molecule has 0 saturated carbocycles. The number of rotatable bonds is 5. The van der Waals surface area contributed by atoms with Crippen molar-refractivity contribution in [3.8, 4) is 0 Å². The molecule has 0 radical (unpaired) electrons. The third kappa shape index (κ3) is 3.31. The van der Waals surface area contributed by atoms with Crippen molar-refractivity contribution in [3.05, 3.63) is 35.4 Å². The molecule has 98 valence electrons. The second kappa shape index (κ2) is 5.98. The lowest BCUT2D eigenvalue weighted by Gasteiger charge is -2.20. The molecule has 2 unspecified atom stereocenters. The van der Waals surface area contributed by atoms with Gasteiger partial charge in [0.05, 0.1) is 11.7 Å². The maximum absolute atomic E-state index is 10.7. The SMILES string of the molecule is CC(NCc1ccc(C(=O)O)cc1)C1CCCO1. The molecule has 2 atom stereocenters. The summed E-state index contributed by atoms with van der Waals surface area (Å²) in [5.74, 6) is -0.887. The Labute approximate surface area is 107 Å². The molecule has 0 spiro atoms. The highest BCUT2D eigenvalue weighted by Gasteiger charge is 2.21. The summed E-state index contributed by atoms with van der Waals surface area (Å²) in [6, 6.07) is 7.29. The zero-order valence-electron chi connectivity index (χ0n) is 10.6. The van der Waals surface area contributed by atoms with Gasteiger partial charge in [0, 0.05) is 19.2 Å². The van der Waals surface area contributed by atoms with Crippen molar-refractivity contribution in [3.63, 3.8) is 0 Å². The van der Waals surface area contributed by atoms with Gasteiger partial charge in [0.15, 0.2) is 0 Å². The molecule has 4 heteroatoms. The molecule has 1 aliphatic rings. The highest BCUT2D eigenvalue weighted by Crippen LogP contribution is 2.15. The highest BCUT2D eigenvalue weighted by atomic mass is 16.5. The van der Waals surface area contributed by atoms with E-state index in [2.05, 4.69) is 12.2 Å². The van der Waals surface area contributed by atoms with E-state index in [-0.39, 0.29) is 0 Å². The average molecular weight is 249 g/mol. The molecule has 18 heavy (non-hydrogen) atoms. The number of carbonyl (C=O) groups is 1. The van der Waals surface area contributed by atoms with Gasteiger partial charge in [-0.15, -0.1) is 0 Å². The van der Waals surface area contributed by atoms with E-state index in [1.54, 1.807) is 12.1 Å². The number of aromatic carboxylic acids is 1. The van der Waals surface area contributed by atoms with Crippen LogP contribution in [0.15, 0.2) is 24.3 Å². The fourth-order valence-corrected chi connectivity index (χ4v) is 2.17. The molecular formula is C14H19NO3. The Balaban J connectivity index is 1.84. The Morgan fingerprint density at radius 2 is 2.22 bits per heavy atom. The average Bonchev–Trinajstić information content (AvgIpc) is 2.90. The molecule has 1 aromatic rings. The van der Waals surface area contributed by atoms with Crippen LogP contribution in [-0.4, -0.2) is 29.8 Å². The molecule has 1 aliphatic heterocycles. The first-order valence-electron chi connectivity index (χ1n) is 6.34. The first kappa shape index (κ1) is 13.1. The Bertz CT molecular complexity index is 396. The quantitative estimate of drug-likeness (QED) is 0.838. The molecule has 4 nitrogen and oxygen atoms in total. The van der Waals surface area contributed by atoms with E-state index in [0.717, 1.165) is 31.6 Å². The van der Waals surface area contributed by atoms with Crippen LogP contribution in [-0.2, 0) is 11.3 Å². The minimum absolute atomic E-state index is 0.309. The normalized spacial score (nSPS) is 20.8. The summed E-state index contributed by atoms with van der Waals surface area (Å²) < 4.78 is 5.61. The van der Waals surface area contributed by atoms with Gasteiger partial charge in [0.2, 0.25) is 0 Å². The minimum atomic E-state index is -0.887. The predicted molar refractivity (Wildman–Crippen MR) is 68.7 cm³/mol. The Morgan fingerprint density at radius 1 is 1.50 bits per heavy atom. The molecule has 2 rings (SSSR count). The van der Waals surface area contributed by atoms with Crippen molar-refractivity contribution in [2.75, 3.05) is 6.61 Å². The van der Waals surface area contributed by atoms with Crippen LogP contribution >= 0.6 is 0 Å². The second-order valence-electron chi connectivity index (χ2n) is 4.72. The molecule has 0 amide bonds. The van der Waals surface area contributed by atoms with E-state index < -0.39 is 5.97 Å². The Hall–Kier alpha value is -1.39. The van der Waals surface area contributed by atoms with Crippen molar-refractivity contribution in [1.29, 1.82) is 0 Å². The molecule has 0 bridgehead atoms. The third-order valence-corrected chi connectivity index (χ3v) is 3.35. The molecule has 1 aromatic carbocycles. The van der Waals surface area contributed by atoms with Gasteiger partial charge in [0.1, 0.15) is 0 Å². The van der Waals surface area contributed by atoms with Gasteiger partial charge in [-0.1, -0.05) is 12.1 Å². The summed E-state index contributed by atoms with van der Waals surface area (Å²) in [6.45, 7) is 3.73. The van der Waals surface area contributed by atoms with Gasteiger partial charge >= 0.3 is 5.97 Å². The maximum atomic E-state index is 10.7. The number of hydrogen-bond donors (Lipinski definition) is 2. The van der Waals surface area contributed by atoms with Gasteiger partial charge in [-0.05, 0) is 37.5 Å². The fourth-order valence-electron chi connectivity index (χ4n) is 2.17. The second-order valence-corrected chi connectivity index (χ2v) is 4.72. The Morgan fingerprint density at radius 3 is 2.78 bits per heavy atom. The summed E-state index contributed by atoms with van der Waals surface area (Å²) >= 11 is 0. The zero-order chi connectivity index (χ0) is 13.0. The standard InChI is InChI=1S/C14H19NO3/c1-10(13-3-2-8-18-13)15-9-11-4-6-12(7-5-11)14(16)17/h4-7,10,13,15H,2-3,8-9H2,1H3,(H,16,17). The van der Waals surface area contributed by atoms with Crippen LogP contribution in [0.2, 0.25) is 0 Å². The van der Waals surface area contributed by atoms with Crippen LogP contribution in [0.3, 0.4) is 0 Å². The number of benzene rings is 1. The summed E-state index contributed by atoms with van der Waals surface area (Å²) in [7, 11) is 0. The lowest BCUT2D eigenvalue weighted by Crippen LogP contribution is -2.36. The third-order valence-electron chi connectivity index (χ3n) is 3.35. The number of carboxylic acid groups (broad SMARTS) is 1. The summed E-state index contributed by atoms with van der Waals surface area (Å²) in [4.78, 5) is 10.7. The van der Waals surface area contributed by atoms with E-state index in [9.17, 15) is 4.79 Å². The van der Waals surface area contributed by atoms with Crippen LogP contribution in [0, 0.1) is 0 Å². The summed E-state index contributed by atoms with van der Waals surface area (Å²) in [6.07, 6.45) is 2.57. The molecular weight excluding hydrogens is 230 g/mol. The number of hydrogen-bond acceptors (Lipinski definition) is 3. The number of carboxylic acids is 1. The smallest absolute Gasteiger partial charge is 0.335 e. The van der Waals surface area contributed by atoms with Crippen molar-refractivity contribution in [2.45, 2.75) is 38.5 Å². The van der Waals surface area contributed by atoms with Gasteiger partial charge in [-0.3, -0.25) is 0 Å². The molecule has 0 aliphatic carbocycles. The summed E-state index contributed by atoms with van der Waals surface area (Å²) in [5.41, 5.74) is 1.41. The largest absolute Gasteiger partial charge is 0.478 e. The summed E-state index contributed by atoms with van der Waals surface area (Å²) in [5, 5.41) is 12.2. The van der Waals surface area contributed by atoms with E-state index in [1.807, 2.05) is 12.1 Å². The Kier molecular flexibility index (Phi) is 4.33. The van der Waals surface area contributed by atoms with Crippen molar-refractivity contribution in [2.24, 2.45) is 0 Å². The van der Waals surface area contributed by atoms with Crippen molar-refractivity contribution >= 4 is 5.97 Å². The van der Waals surface area contributed by atoms with Crippen LogP contribution in [0.5, 0.6) is 0 Å². The van der Waals surface area contributed by atoms with Gasteiger partial charge in [-0.25, -0.2) is 4.79 Å².